The number of nitrogens with zero attached hydrogens (tertiary/aromatic N) is 1. The van der Waals surface area contributed by atoms with Gasteiger partial charge in [-0.2, -0.15) is 13.2 Å². The molecular formula is C21H20F3NO. The van der Waals surface area contributed by atoms with E-state index in [1.807, 2.05) is 4.57 Å². The minimum absolute atomic E-state index is 0.0547. The van der Waals surface area contributed by atoms with Crippen molar-refractivity contribution < 1.29 is 18.0 Å². The Balaban J connectivity index is 2.23. The molecule has 0 fully saturated rings. The van der Waals surface area contributed by atoms with Gasteiger partial charge in [0, 0.05) is 29.2 Å². The molecule has 0 atom stereocenters. The molecule has 2 aromatic carbocycles. The fourth-order valence-corrected chi connectivity index (χ4v) is 3.27. The Hall–Kier alpha value is -2.56. The SMILES string of the molecule is CC(=O)c1cn(CC(C)C)c2cc(-c3ccccc3C(F)(F)F)ccc12. The number of hydrogen-bond donors (Lipinski definition) is 0. The number of halogens is 3. The van der Waals surface area contributed by atoms with E-state index in [-0.39, 0.29) is 11.3 Å². The number of ketones is 1. The van der Waals surface area contributed by atoms with Crippen LogP contribution in [-0.4, -0.2) is 10.4 Å². The molecule has 3 rings (SSSR count). The Morgan fingerprint density at radius 3 is 2.42 bits per heavy atom. The zero-order valence-electron chi connectivity index (χ0n) is 14.9. The zero-order valence-corrected chi connectivity index (χ0v) is 14.9. The minimum Gasteiger partial charge on any atom is -0.346 e. The van der Waals surface area contributed by atoms with Crippen molar-refractivity contribution in [3.8, 4) is 11.1 Å². The fraction of sp³-hybridized carbons (Fsp3) is 0.286. The summed E-state index contributed by atoms with van der Waals surface area (Å²) in [7, 11) is 0. The summed E-state index contributed by atoms with van der Waals surface area (Å²) in [5.41, 5.74) is 1.34. The number of alkyl halides is 3. The Bertz CT molecular complexity index is 967. The van der Waals surface area contributed by atoms with Crippen LogP contribution in [0.1, 0.15) is 36.7 Å². The molecule has 0 aliphatic rings. The van der Waals surface area contributed by atoms with E-state index in [0.29, 0.717) is 23.6 Å². The number of aromatic nitrogens is 1. The summed E-state index contributed by atoms with van der Waals surface area (Å²) in [6.45, 7) is 6.31. The molecule has 0 spiro atoms. The first-order valence-electron chi connectivity index (χ1n) is 8.49. The third-order valence-corrected chi connectivity index (χ3v) is 4.37. The van der Waals surface area contributed by atoms with E-state index in [9.17, 15) is 18.0 Å². The van der Waals surface area contributed by atoms with Crippen LogP contribution in [0.25, 0.3) is 22.0 Å². The molecule has 26 heavy (non-hydrogen) atoms. The van der Waals surface area contributed by atoms with Crippen molar-refractivity contribution in [2.75, 3.05) is 0 Å². The van der Waals surface area contributed by atoms with Crippen molar-refractivity contribution in [3.63, 3.8) is 0 Å². The van der Waals surface area contributed by atoms with Gasteiger partial charge in [-0.25, -0.2) is 0 Å². The molecule has 0 aliphatic heterocycles. The van der Waals surface area contributed by atoms with Gasteiger partial charge in [-0.1, -0.05) is 44.2 Å². The molecular weight excluding hydrogens is 339 g/mol. The molecule has 0 saturated heterocycles. The predicted molar refractivity (Wildman–Crippen MR) is 97.2 cm³/mol. The fourth-order valence-electron chi connectivity index (χ4n) is 3.27. The van der Waals surface area contributed by atoms with Crippen molar-refractivity contribution in [2.45, 2.75) is 33.5 Å². The Morgan fingerprint density at radius 2 is 1.81 bits per heavy atom. The molecule has 3 aromatic rings. The second-order valence-electron chi connectivity index (χ2n) is 6.92. The van der Waals surface area contributed by atoms with Crippen LogP contribution < -0.4 is 0 Å². The Kier molecular flexibility index (Phi) is 4.65. The van der Waals surface area contributed by atoms with Gasteiger partial charge in [0.1, 0.15) is 0 Å². The lowest BCUT2D eigenvalue weighted by Crippen LogP contribution is -2.07. The number of fused-ring (bicyclic) bond motifs is 1. The van der Waals surface area contributed by atoms with E-state index >= 15 is 0 Å². The number of hydrogen-bond acceptors (Lipinski definition) is 1. The standard InChI is InChI=1S/C21H20F3NO/c1-13(2)11-25-12-18(14(3)26)17-9-8-15(10-20(17)25)16-6-4-5-7-19(16)21(22,23)24/h4-10,12-13H,11H2,1-3H3. The molecule has 5 heteroatoms. The van der Waals surface area contributed by atoms with Crippen LogP contribution in [0, 0.1) is 5.92 Å². The molecule has 0 amide bonds. The van der Waals surface area contributed by atoms with Crippen molar-refractivity contribution in [2.24, 2.45) is 5.92 Å². The Morgan fingerprint density at radius 1 is 1.12 bits per heavy atom. The number of Topliss-reactive ketones (excluding diaryl/α,β-unsaturated/α-hetero) is 1. The Labute approximate surface area is 150 Å². The molecule has 0 bridgehead atoms. The monoisotopic (exact) mass is 359 g/mol. The number of rotatable bonds is 4. The van der Waals surface area contributed by atoms with E-state index in [0.717, 1.165) is 17.0 Å². The number of benzene rings is 2. The van der Waals surface area contributed by atoms with E-state index in [1.165, 1.54) is 19.1 Å². The first-order valence-corrected chi connectivity index (χ1v) is 8.49. The average molecular weight is 359 g/mol. The molecule has 0 unspecified atom stereocenters. The van der Waals surface area contributed by atoms with E-state index in [1.54, 1.807) is 30.5 Å². The summed E-state index contributed by atoms with van der Waals surface area (Å²) in [4.78, 5) is 11.9. The molecule has 0 radical (unpaired) electrons. The summed E-state index contributed by atoms with van der Waals surface area (Å²) >= 11 is 0. The lowest BCUT2D eigenvalue weighted by Gasteiger charge is -2.14. The first kappa shape index (κ1) is 18.2. The summed E-state index contributed by atoms with van der Waals surface area (Å²) < 4.78 is 42.0. The smallest absolute Gasteiger partial charge is 0.346 e. The van der Waals surface area contributed by atoms with Crippen LogP contribution in [0.4, 0.5) is 13.2 Å². The van der Waals surface area contributed by atoms with E-state index in [2.05, 4.69) is 13.8 Å². The highest BCUT2D eigenvalue weighted by atomic mass is 19.4. The van der Waals surface area contributed by atoms with Gasteiger partial charge in [0.15, 0.2) is 5.78 Å². The van der Waals surface area contributed by atoms with Crippen molar-refractivity contribution in [3.05, 3.63) is 59.8 Å². The van der Waals surface area contributed by atoms with Crippen LogP contribution in [0.15, 0.2) is 48.7 Å². The molecule has 1 aromatic heterocycles. The normalized spacial score (nSPS) is 12.1. The van der Waals surface area contributed by atoms with Gasteiger partial charge in [0.25, 0.3) is 0 Å². The maximum atomic E-state index is 13.4. The van der Waals surface area contributed by atoms with Gasteiger partial charge in [-0.3, -0.25) is 4.79 Å². The molecule has 1 heterocycles. The molecule has 2 nitrogen and oxygen atoms in total. The van der Waals surface area contributed by atoms with Gasteiger partial charge in [0.05, 0.1) is 5.56 Å². The quantitative estimate of drug-likeness (QED) is 0.509. The summed E-state index contributed by atoms with van der Waals surface area (Å²) in [5, 5.41) is 0.770. The highest BCUT2D eigenvalue weighted by molar-refractivity contribution is 6.07. The maximum absolute atomic E-state index is 13.4. The van der Waals surface area contributed by atoms with E-state index in [4.69, 9.17) is 0 Å². The summed E-state index contributed by atoms with van der Waals surface area (Å²) in [5.74, 6) is 0.289. The third-order valence-electron chi connectivity index (χ3n) is 4.37. The first-order chi connectivity index (χ1) is 12.2. The molecule has 136 valence electrons. The summed E-state index contributed by atoms with van der Waals surface area (Å²) in [6, 6.07) is 10.7. The van der Waals surface area contributed by atoms with Crippen molar-refractivity contribution >= 4 is 16.7 Å². The summed E-state index contributed by atoms with van der Waals surface area (Å²) in [6.07, 6.45) is -2.62. The third kappa shape index (κ3) is 3.39. The second-order valence-corrected chi connectivity index (χ2v) is 6.92. The van der Waals surface area contributed by atoms with Crippen molar-refractivity contribution in [1.29, 1.82) is 0 Å². The van der Waals surface area contributed by atoms with Crippen LogP contribution in [-0.2, 0) is 12.7 Å². The second kappa shape index (κ2) is 6.63. The maximum Gasteiger partial charge on any atom is 0.417 e. The highest BCUT2D eigenvalue weighted by Crippen LogP contribution is 2.38. The van der Waals surface area contributed by atoms with Gasteiger partial charge in [-0.15, -0.1) is 0 Å². The largest absolute Gasteiger partial charge is 0.417 e. The average Bonchev–Trinajstić information content (AvgIpc) is 2.91. The highest BCUT2D eigenvalue weighted by Gasteiger charge is 2.33. The van der Waals surface area contributed by atoms with Gasteiger partial charge >= 0.3 is 6.18 Å². The molecule has 0 N–H and O–H groups in total. The topological polar surface area (TPSA) is 22.0 Å². The number of carbonyl (C=O) groups is 1. The van der Waals surface area contributed by atoms with Gasteiger partial charge in [0.2, 0.25) is 0 Å². The van der Waals surface area contributed by atoms with Crippen LogP contribution in [0.5, 0.6) is 0 Å². The van der Waals surface area contributed by atoms with Crippen LogP contribution in [0.2, 0.25) is 0 Å². The van der Waals surface area contributed by atoms with E-state index < -0.39 is 11.7 Å². The van der Waals surface area contributed by atoms with Gasteiger partial charge < -0.3 is 4.57 Å². The zero-order chi connectivity index (χ0) is 19.1. The lowest BCUT2D eigenvalue weighted by atomic mass is 9.97. The molecule has 0 aliphatic carbocycles. The minimum atomic E-state index is -4.42. The predicted octanol–water partition coefficient (Wildman–Crippen LogP) is 6.19. The van der Waals surface area contributed by atoms with Crippen LogP contribution in [0.3, 0.4) is 0 Å². The van der Waals surface area contributed by atoms with Gasteiger partial charge in [-0.05, 0) is 36.1 Å². The van der Waals surface area contributed by atoms with Crippen LogP contribution >= 0.6 is 0 Å². The number of carbonyl (C=O) groups excluding carboxylic acids is 1. The lowest BCUT2D eigenvalue weighted by molar-refractivity contribution is -0.137. The molecule has 0 saturated carbocycles. The van der Waals surface area contributed by atoms with Crippen molar-refractivity contribution in [1.82, 2.24) is 4.57 Å².